The number of aryl methyl sites for hydroxylation is 1. The maximum Gasteiger partial charge on any atom is 0.347 e. The van der Waals surface area contributed by atoms with Gasteiger partial charge in [0.05, 0.1) is 0 Å². The summed E-state index contributed by atoms with van der Waals surface area (Å²) in [5.74, 6) is -0.744. The number of carbonyl (C=O) groups excluding carboxylic acids is 1. The Balaban J connectivity index is 1.68. The predicted molar refractivity (Wildman–Crippen MR) is 144 cm³/mol. The second-order valence-corrected chi connectivity index (χ2v) is 9.89. The largest absolute Gasteiger partial charge is 0.478 e. The number of nitrogens with zero attached hydrogens (tertiary/aromatic N) is 2. The fourth-order valence-electron chi connectivity index (χ4n) is 4.05. The highest BCUT2D eigenvalue weighted by atomic mass is 16.5. The lowest BCUT2D eigenvalue weighted by Crippen LogP contribution is -2.38. The molecule has 0 bridgehead atoms. The zero-order valence-electron chi connectivity index (χ0n) is 21.9. The molecule has 1 heterocycles. The number of ether oxygens (including phenoxy) is 1. The normalized spacial score (nSPS) is 13.9. The highest BCUT2D eigenvalue weighted by molar-refractivity contribution is 5.95. The lowest BCUT2D eigenvalue weighted by molar-refractivity contribution is -0.152. The lowest BCUT2D eigenvalue weighted by atomic mass is 10.0. The molecule has 2 aromatic rings. The van der Waals surface area contributed by atoms with E-state index in [9.17, 15) is 14.7 Å². The van der Waals surface area contributed by atoms with Gasteiger partial charge in [0.25, 0.3) is 5.91 Å². The first kappa shape index (κ1) is 26.9. The molecule has 1 fully saturated rings. The summed E-state index contributed by atoms with van der Waals surface area (Å²) in [4.78, 5) is 28.6. The van der Waals surface area contributed by atoms with E-state index in [1.165, 1.54) is 32.4 Å². The molecule has 36 heavy (non-hydrogen) atoms. The Bertz CT molecular complexity index is 1160. The number of rotatable bonds is 10. The Morgan fingerprint density at radius 3 is 2.47 bits per heavy atom. The number of benzene rings is 2. The van der Waals surface area contributed by atoms with Crippen LogP contribution in [0.5, 0.6) is 5.75 Å². The van der Waals surface area contributed by atoms with Crippen LogP contribution in [0, 0.1) is 6.92 Å². The van der Waals surface area contributed by atoms with Crippen LogP contribution in [-0.2, 0) is 16.1 Å². The number of likely N-dealkylation sites (N-methyl/N-ethyl adjacent to an activating group) is 1. The predicted octanol–water partition coefficient (Wildman–Crippen LogP) is 4.61. The Kier molecular flexibility index (Phi) is 8.45. The first-order valence-corrected chi connectivity index (χ1v) is 12.2. The van der Waals surface area contributed by atoms with Crippen molar-refractivity contribution in [3.05, 3.63) is 77.5 Å². The monoisotopic (exact) mass is 491 g/mol. The van der Waals surface area contributed by atoms with Crippen molar-refractivity contribution in [3.63, 3.8) is 0 Å². The van der Waals surface area contributed by atoms with E-state index in [0.717, 1.165) is 35.4 Å². The summed E-state index contributed by atoms with van der Waals surface area (Å²) in [6.07, 6.45) is 4.24. The average Bonchev–Trinajstić information content (AvgIpc) is 3.37. The molecule has 3 rings (SSSR count). The molecular weight excluding hydrogens is 454 g/mol. The van der Waals surface area contributed by atoms with E-state index in [-0.39, 0.29) is 5.91 Å². The highest BCUT2D eigenvalue weighted by Crippen LogP contribution is 2.26. The summed E-state index contributed by atoms with van der Waals surface area (Å²) >= 11 is 0. The Hall–Kier alpha value is -3.74. The van der Waals surface area contributed by atoms with Gasteiger partial charge in [0.2, 0.25) is 0 Å². The molecule has 192 valence electrons. The zero-order chi connectivity index (χ0) is 26.5. The quantitative estimate of drug-likeness (QED) is 0.373. The van der Waals surface area contributed by atoms with Crippen molar-refractivity contribution in [2.24, 2.45) is 0 Å². The van der Waals surface area contributed by atoms with Gasteiger partial charge in [-0.15, -0.1) is 0 Å². The van der Waals surface area contributed by atoms with Gasteiger partial charge in [-0.05, 0) is 80.2 Å². The number of carboxylic acid groups (broad SMARTS) is 1. The molecule has 0 radical (unpaired) electrons. The van der Waals surface area contributed by atoms with Crippen LogP contribution in [0.25, 0.3) is 5.57 Å². The van der Waals surface area contributed by atoms with Crippen LogP contribution in [0.1, 0.15) is 43.4 Å². The smallest absolute Gasteiger partial charge is 0.347 e. The molecule has 0 spiro atoms. The van der Waals surface area contributed by atoms with Crippen LogP contribution in [-0.4, -0.2) is 54.7 Å². The number of nitrogens with one attached hydrogen (secondary N) is 1. The molecule has 2 N–H and O–H groups in total. The summed E-state index contributed by atoms with van der Waals surface area (Å²) in [7, 11) is 3.67. The molecule has 1 aliphatic heterocycles. The van der Waals surface area contributed by atoms with Crippen LogP contribution < -0.4 is 15.0 Å². The SMILES string of the molecule is C=C(/C=C(/C(=O)NCc1ccc(OC(C)(C)C(=O)O)c(C)c1)N(C)C)c1cccc(N2CCCC2)c1. The Morgan fingerprint density at radius 2 is 1.86 bits per heavy atom. The van der Waals surface area contributed by atoms with Gasteiger partial charge in [-0.25, -0.2) is 4.79 Å². The Labute approximate surface area is 214 Å². The van der Waals surface area contributed by atoms with Crippen LogP contribution >= 0.6 is 0 Å². The van der Waals surface area contributed by atoms with Crippen molar-refractivity contribution in [3.8, 4) is 5.75 Å². The molecule has 2 aromatic carbocycles. The minimum absolute atomic E-state index is 0.207. The third kappa shape index (κ3) is 6.68. The van der Waals surface area contributed by atoms with Gasteiger partial charge < -0.3 is 25.0 Å². The average molecular weight is 492 g/mol. The summed E-state index contributed by atoms with van der Waals surface area (Å²) in [6.45, 7) is 11.6. The number of carboxylic acids is 1. The second kappa shape index (κ2) is 11.3. The molecule has 0 saturated carbocycles. The molecular formula is C29H37N3O4. The van der Waals surface area contributed by atoms with Crippen molar-refractivity contribution in [1.82, 2.24) is 10.2 Å². The number of carbonyl (C=O) groups is 2. The van der Waals surface area contributed by atoms with E-state index in [0.29, 0.717) is 18.0 Å². The summed E-state index contributed by atoms with van der Waals surface area (Å²) in [5.41, 5.74) is 3.80. The molecule has 1 aliphatic rings. The maximum atomic E-state index is 13.1. The van der Waals surface area contributed by atoms with Crippen LogP contribution in [0.4, 0.5) is 5.69 Å². The standard InChI is InChI=1S/C29H37N3O4/c1-20(23-10-9-11-24(18-23)32-14-7-8-15-32)17-25(31(5)6)27(33)30-19-22-12-13-26(21(2)16-22)36-29(3,4)28(34)35/h9-13,16-18H,1,7-8,14-15,19H2,2-6H3,(H,30,33)(H,34,35)/b25-17-. The fraction of sp³-hybridized carbons (Fsp3) is 0.379. The van der Waals surface area contributed by atoms with Gasteiger partial charge in [0.1, 0.15) is 11.4 Å². The molecule has 1 saturated heterocycles. The lowest BCUT2D eigenvalue weighted by Gasteiger charge is -2.23. The molecule has 1 amide bonds. The minimum Gasteiger partial charge on any atom is -0.478 e. The molecule has 0 unspecified atom stereocenters. The number of aliphatic carboxylic acids is 1. The van der Waals surface area contributed by atoms with E-state index < -0.39 is 11.6 Å². The van der Waals surface area contributed by atoms with Gasteiger partial charge >= 0.3 is 5.97 Å². The topological polar surface area (TPSA) is 82.1 Å². The molecule has 0 atom stereocenters. The van der Waals surface area contributed by atoms with Crippen molar-refractivity contribution >= 4 is 23.1 Å². The van der Waals surface area contributed by atoms with Gasteiger partial charge in [-0.3, -0.25) is 4.79 Å². The van der Waals surface area contributed by atoms with Crippen molar-refractivity contribution < 1.29 is 19.4 Å². The molecule has 7 heteroatoms. The zero-order valence-corrected chi connectivity index (χ0v) is 21.9. The number of amides is 1. The van der Waals surface area contributed by atoms with E-state index in [2.05, 4.69) is 28.9 Å². The molecule has 0 aromatic heterocycles. The maximum absolute atomic E-state index is 13.1. The Morgan fingerprint density at radius 1 is 1.17 bits per heavy atom. The van der Waals surface area contributed by atoms with Crippen molar-refractivity contribution in [2.75, 3.05) is 32.1 Å². The fourth-order valence-corrected chi connectivity index (χ4v) is 4.05. The van der Waals surface area contributed by atoms with Gasteiger partial charge in [0, 0.05) is 39.4 Å². The van der Waals surface area contributed by atoms with Crippen LogP contribution in [0.3, 0.4) is 0 Å². The molecule has 0 aliphatic carbocycles. The number of hydrogen-bond donors (Lipinski definition) is 2. The number of allylic oxidation sites excluding steroid dienone is 2. The number of anilines is 1. The van der Waals surface area contributed by atoms with E-state index >= 15 is 0 Å². The first-order valence-electron chi connectivity index (χ1n) is 12.2. The van der Waals surface area contributed by atoms with Gasteiger partial charge in [-0.1, -0.05) is 30.8 Å². The first-order chi connectivity index (χ1) is 17.0. The summed E-state index contributed by atoms with van der Waals surface area (Å²) in [5, 5.41) is 12.3. The van der Waals surface area contributed by atoms with Crippen molar-refractivity contribution in [2.45, 2.75) is 45.8 Å². The van der Waals surface area contributed by atoms with Gasteiger partial charge in [-0.2, -0.15) is 0 Å². The van der Waals surface area contributed by atoms with Gasteiger partial charge in [0.15, 0.2) is 5.60 Å². The van der Waals surface area contributed by atoms with E-state index in [1.807, 2.05) is 51.4 Å². The summed E-state index contributed by atoms with van der Waals surface area (Å²) in [6, 6.07) is 13.7. The second-order valence-electron chi connectivity index (χ2n) is 9.89. The van der Waals surface area contributed by atoms with E-state index in [4.69, 9.17) is 4.74 Å². The summed E-state index contributed by atoms with van der Waals surface area (Å²) < 4.78 is 5.66. The molecule has 7 nitrogen and oxygen atoms in total. The number of hydrogen-bond acceptors (Lipinski definition) is 5. The minimum atomic E-state index is -1.33. The van der Waals surface area contributed by atoms with E-state index in [1.54, 1.807) is 11.0 Å². The highest BCUT2D eigenvalue weighted by Gasteiger charge is 2.29. The van der Waals surface area contributed by atoms with Crippen LogP contribution in [0.15, 0.2) is 60.8 Å². The van der Waals surface area contributed by atoms with Crippen LogP contribution in [0.2, 0.25) is 0 Å². The third-order valence-electron chi connectivity index (χ3n) is 6.29. The third-order valence-corrected chi connectivity index (χ3v) is 6.29. The van der Waals surface area contributed by atoms with Crippen molar-refractivity contribution in [1.29, 1.82) is 0 Å².